The van der Waals surface area contributed by atoms with E-state index >= 15 is 0 Å². The molecule has 0 radical (unpaired) electrons. The Morgan fingerprint density at radius 3 is 1.50 bits per heavy atom. The van der Waals surface area contributed by atoms with Crippen LogP contribution in [0.5, 0.6) is 0 Å². The van der Waals surface area contributed by atoms with E-state index in [1.165, 1.54) is 77.2 Å². The predicted molar refractivity (Wildman–Crippen MR) is 218 cm³/mol. The van der Waals surface area contributed by atoms with Gasteiger partial charge in [0.25, 0.3) is 0 Å². The Kier molecular flexibility index (Phi) is 6.23. The maximum absolute atomic E-state index is 2.44. The summed E-state index contributed by atoms with van der Waals surface area (Å²) < 4.78 is 0. The molecule has 0 atom stereocenters. The van der Waals surface area contributed by atoms with E-state index in [1.807, 2.05) is 0 Å². The van der Waals surface area contributed by atoms with Gasteiger partial charge in [-0.05, 0) is 120 Å². The lowest BCUT2D eigenvalue weighted by molar-refractivity contribution is 0.801. The zero-order chi connectivity index (χ0) is 34.2. The van der Waals surface area contributed by atoms with Crippen LogP contribution >= 0.6 is 0 Å². The third-order valence-electron chi connectivity index (χ3n) is 11.4. The highest BCUT2D eigenvalue weighted by atomic mass is 15.1. The number of benzene rings is 9. The van der Waals surface area contributed by atoms with Gasteiger partial charge in [0.05, 0.1) is 5.41 Å². The molecule has 0 bridgehead atoms. The van der Waals surface area contributed by atoms with Gasteiger partial charge in [0.15, 0.2) is 0 Å². The fourth-order valence-electron chi connectivity index (χ4n) is 9.25. The van der Waals surface area contributed by atoms with Crippen molar-refractivity contribution in [1.29, 1.82) is 0 Å². The summed E-state index contributed by atoms with van der Waals surface area (Å²) >= 11 is 0. The van der Waals surface area contributed by atoms with Crippen molar-refractivity contribution in [2.75, 3.05) is 4.90 Å². The van der Waals surface area contributed by atoms with Crippen LogP contribution in [-0.4, -0.2) is 0 Å². The molecular formula is C51H33N. The van der Waals surface area contributed by atoms with Crippen molar-refractivity contribution >= 4 is 38.6 Å². The highest BCUT2D eigenvalue weighted by molar-refractivity contribution is 6.05. The van der Waals surface area contributed by atoms with E-state index in [9.17, 15) is 0 Å². The second kappa shape index (κ2) is 11.2. The van der Waals surface area contributed by atoms with Crippen molar-refractivity contribution < 1.29 is 0 Å². The second-order valence-electron chi connectivity index (χ2n) is 14.1. The smallest absolute Gasteiger partial charge is 0.0731 e. The number of rotatable bonds is 4. The first-order valence-electron chi connectivity index (χ1n) is 18.1. The van der Waals surface area contributed by atoms with E-state index in [4.69, 9.17) is 0 Å². The molecule has 0 aromatic heterocycles. The molecule has 0 saturated carbocycles. The Morgan fingerprint density at radius 2 is 0.808 bits per heavy atom. The molecule has 0 heterocycles. The molecule has 0 amide bonds. The molecule has 9 aromatic rings. The summed E-state index contributed by atoms with van der Waals surface area (Å²) in [7, 11) is 0. The molecule has 2 aliphatic rings. The number of anilines is 3. The van der Waals surface area contributed by atoms with Crippen LogP contribution in [0.3, 0.4) is 0 Å². The van der Waals surface area contributed by atoms with E-state index < -0.39 is 5.41 Å². The zero-order valence-electron chi connectivity index (χ0n) is 28.5. The molecule has 11 rings (SSSR count). The van der Waals surface area contributed by atoms with E-state index in [1.54, 1.807) is 0 Å². The highest BCUT2D eigenvalue weighted by Crippen LogP contribution is 2.64. The fraction of sp³-hybridized carbons (Fsp3) is 0.0196. The van der Waals surface area contributed by atoms with Gasteiger partial charge in [-0.2, -0.15) is 0 Å². The predicted octanol–water partition coefficient (Wildman–Crippen LogP) is 13.5. The summed E-state index contributed by atoms with van der Waals surface area (Å²) in [6.45, 7) is 0. The molecule has 1 heteroatoms. The quantitative estimate of drug-likeness (QED) is 0.182. The average Bonchev–Trinajstić information content (AvgIpc) is 3.69. The van der Waals surface area contributed by atoms with Crippen LogP contribution in [0.4, 0.5) is 17.1 Å². The van der Waals surface area contributed by atoms with Gasteiger partial charge in [-0.3, -0.25) is 0 Å². The van der Waals surface area contributed by atoms with Crippen LogP contribution in [0, 0.1) is 0 Å². The van der Waals surface area contributed by atoms with Gasteiger partial charge in [0.2, 0.25) is 0 Å². The summed E-state index contributed by atoms with van der Waals surface area (Å²) in [4.78, 5) is 2.40. The first-order chi connectivity index (χ1) is 25.8. The second-order valence-corrected chi connectivity index (χ2v) is 14.1. The third-order valence-corrected chi connectivity index (χ3v) is 11.4. The number of para-hydroxylation sites is 1. The molecule has 2 aliphatic carbocycles. The minimum absolute atomic E-state index is 0.406. The van der Waals surface area contributed by atoms with E-state index in [0.29, 0.717) is 0 Å². The Morgan fingerprint density at radius 1 is 0.308 bits per heavy atom. The van der Waals surface area contributed by atoms with Crippen molar-refractivity contribution in [3.05, 3.63) is 222 Å². The minimum Gasteiger partial charge on any atom is -0.310 e. The number of fused-ring (bicyclic) bond motifs is 13. The number of hydrogen-bond donors (Lipinski definition) is 0. The molecule has 52 heavy (non-hydrogen) atoms. The van der Waals surface area contributed by atoms with Gasteiger partial charge in [0.1, 0.15) is 0 Å². The van der Waals surface area contributed by atoms with Crippen LogP contribution in [-0.2, 0) is 5.41 Å². The van der Waals surface area contributed by atoms with Crippen LogP contribution in [0.1, 0.15) is 22.3 Å². The molecule has 9 aromatic carbocycles. The van der Waals surface area contributed by atoms with Crippen molar-refractivity contribution in [2.24, 2.45) is 0 Å². The maximum atomic E-state index is 2.44. The molecule has 0 aliphatic heterocycles. The van der Waals surface area contributed by atoms with E-state index in [2.05, 4.69) is 205 Å². The minimum atomic E-state index is -0.406. The van der Waals surface area contributed by atoms with Crippen molar-refractivity contribution in [3.63, 3.8) is 0 Å². The zero-order valence-corrected chi connectivity index (χ0v) is 28.5. The van der Waals surface area contributed by atoms with Crippen LogP contribution in [0.25, 0.3) is 54.9 Å². The molecule has 1 nitrogen and oxygen atoms in total. The summed E-state index contributed by atoms with van der Waals surface area (Å²) in [6.07, 6.45) is 0. The van der Waals surface area contributed by atoms with Gasteiger partial charge in [-0.1, -0.05) is 158 Å². The van der Waals surface area contributed by atoms with Gasteiger partial charge >= 0.3 is 0 Å². The Labute approximate surface area is 303 Å². The van der Waals surface area contributed by atoms with Gasteiger partial charge in [-0.15, -0.1) is 0 Å². The normalized spacial score (nSPS) is 13.2. The number of hydrogen-bond acceptors (Lipinski definition) is 1. The highest BCUT2D eigenvalue weighted by Gasteiger charge is 2.52. The van der Waals surface area contributed by atoms with E-state index in [0.717, 1.165) is 17.1 Å². The number of nitrogens with zero attached hydrogens (tertiary/aromatic N) is 1. The lowest BCUT2D eigenvalue weighted by atomic mass is 9.69. The maximum Gasteiger partial charge on any atom is 0.0731 e. The van der Waals surface area contributed by atoms with Crippen LogP contribution < -0.4 is 4.90 Å². The third kappa shape index (κ3) is 4.05. The average molecular weight is 660 g/mol. The van der Waals surface area contributed by atoms with Crippen molar-refractivity contribution in [3.8, 4) is 33.4 Å². The molecule has 0 N–H and O–H groups in total. The molecular weight excluding hydrogens is 627 g/mol. The Bertz CT molecular complexity index is 2780. The summed E-state index contributed by atoms with van der Waals surface area (Å²) in [6, 6.07) is 74.0. The van der Waals surface area contributed by atoms with Crippen molar-refractivity contribution in [1.82, 2.24) is 0 Å². The largest absolute Gasteiger partial charge is 0.310 e. The first-order valence-corrected chi connectivity index (χ1v) is 18.1. The SMILES string of the molecule is c1ccc(N(c2ccc(-c3ccc4ccccc4c3)cc2)c2ccc3ccc4c(c3c2)C2(c3ccccc3-c3ccccc32)c2ccccc2-4)cc1. The van der Waals surface area contributed by atoms with Gasteiger partial charge in [-0.25, -0.2) is 0 Å². The van der Waals surface area contributed by atoms with Crippen molar-refractivity contribution in [2.45, 2.75) is 5.41 Å². The van der Waals surface area contributed by atoms with Gasteiger partial charge in [0, 0.05) is 17.1 Å². The first kappa shape index (κ1) is 29.1. The molecule has 0 fully saturated rings. The lowest BCUT2D eigenvalue weighted by Crippen LogP contribution is -2.26. The lowest BCUT2D eigenvalue weighted by Gasteiger charge is -2.32. The summed E-state index contributed by atoms with van der Waals surface area (Å²) in [5, 5.41) is 5.05. The fourth-order valence-corrected chi connectivity index (χ4v) is 9.25. The summed E-state index contributed by atoms with van der Waals surface area (Å²) in [5.74, 6) is 0. The molecule has 1 spiro atoms. The topological polar surface area (TPSA) is 3.24 Å². The molecule has 0 unspecified atom stereocenters. The van der Waals surface area contributed by atoms with Gasteiger partial charge < -0.3 is 4.90 Å². The molecule has 242 valence electrons. The standard InChI is InChI=1S/C51H33N/c1-2-14-39(15-3-1)52(40-28-24-35(25-29-40)38-23-22-34-12-4-5-13-37(34)32-38)41-30-26-36-27-31-45-44-18-8-11-21-49(44)51(50(45)46(36)33-41)47-19-9-6-16-42(47)43-17-7-10-20-48(43)51/h1-33H. The van der Waals surface area contributed by atoms with Crippen LogP contribution in [0.2, 0.25) is 0 Å². The van der Waals surface area contributed by atoms with Crippen LogP contribution in [0.15, 0.2) is 200 Å². The Hall–Kier alpha value is -6.70. The molecule has 0 saturated heterocycles. The summed E-state index contributed by atoms with van der Waals surface area (Å²) in [5.41, 5.74) is 16.2. The Balaban J connectivity index is 1.13. The van der Waals surface area contributed by atoms with E-state index in [-0.39, 0.29) is 0 Å². The monoisotopic (exact) mass is 659 g/mol.